The number of nitrogens with zero attached hydrogens (tertiary/aromatic N) is 7. The van der Waals surface area contributed by atoms with Crippen LogP contribution in [0, 0.1) is 11.3 Å². The Labute approximate surface area is 212 Å². The van der Waals surface area contributed by atoms with Gasteiger partial charge in [0, 0.05) is 47.6 Å². The summed E-state index contributed by atoms with van der Waals surface area (Å²) < 4.78 is 16.2. The lowest BCUT2D eigenvalue weighted by Crippen LogP contribution is -2.28. The lowest BCUT2D eigenvalue weighted by molar-refractivity contribution is 0.310. The maximum atomic E-state index is 12.0. The summed E-state index contributed by atoms with van der Waals surface area (Å²) in [7, 11) is 3.92. The van der Waals surface area contributed by atoms with Gasteiger partial charge in [0.1, 0.15) is 17.5 Å². The molecule has 0 spiro atoms. The molecule has 0 saturated heterocycles. The molecule has 4 rings (SSSR count). The average molecular weight is 506 g/mol. The molecule has 1 aliphatic rings. The van der Waals surface area contributed by atoms with E-state index < -0.39 is 9.73 Å². The molecule has 0 radical (unpaired) electrons. The van der Waals surface area contributed by atoms with Crippen LogP contribution in [0.3, 0.4) is 0 Å². The molecule has 3 heterocycles. The van der Waals surface area contributed by atoms with Gasteiger partial charge in [-0.1, -0.05) is 6.07 Å². The van der Waals surface area contributed by atoms with Crippen molar-refractivity contribution in [3.05, 3.63) is 58.8 Å². The van der Waals surface area contributed by atoms with Gasteiger partial charge in [-0.05, 0) is 68.5 Å². The highest BCUT2D eigenvalue weighted by molar-refractivity contribution is 7.92. The van der Waals surface area contributed by atoms with Gasteiger partial charge in [0.25, 0.3) is 0 Å². The Hall–Kier alpha value is -3.59. The zero-order chi connectivity index (χ0) is 25.9. The highest BCUT2D eigenvalue weighted by Crippen LogP contribution is 2.29. The Balaban J connectivity index is 1.64. The predicted octanol–water partition coefficient (Wildman–Crippen LogP) is 3.64. The van der Waals surface area contributed by atoms with Gasteiger partial charge < -0.3 is 20.4 Å². The number of hydrogen-bond donors (Lipinski definition) is 2. The van der Waals surface area contributed by atoms with Crippen LogP contribution < -0.4 is 10.6 Å². The zero-order valence-electron chi connectivity index (χ0n) is 21.2. The van der Waals surface area contributed by atoms with E-state index >= 15 is 0 Å². The summed E-state index contributed by atoms with van der Waals surface area (Å²) >= 11 is 0. The van der Waals surface area contributed by atoms with E-state index in [1.807, 2.05) is 0 Å². The van der Waals surface area contributed by atoms with Gasteiger partial charge >= 0.3 is 0 Å². The van der Waals surface area contributed by atoms with E-state index in [2.05, 4.69) is 79.1 Å². The average Bonchev–Trinajstić information content (AvgIpc) is 2.78. The van der Waals surface area contributed by atoms with E-state index in [4.69, 9.17) is 0 Å². The predicted molar refractivity (Wildman–Crippen MR) is 143 cm³/mol. The molecular weight excluding hydrogens is 474 g/mol. The molecule has 11 heteroatoms. The Bertz CT molecular complexity index is 1430. The molecule has 0 atom stereocenters. The number of pyridine rings is 1. The number of fused-ring (bicyclic) bond motifs is 1. The molecule has 188 valence electrons. The summed E-state index contributed by atoms with van der Waals surface area (Å²) in [6.07, 6.45) is 5.60. The van der Waals surface area contributed by atoms with Crippen molar-refractivity contribution in [3.8, 4) is 6.07 Å². The van der Waals surface area contributed by atoms with E-state index in [0.717, 1.165) is 31.7 Å². The fraction of sp³-hybridized carbons (Fsp3) is 0.360. The molecule has 10 nitrogen and oxygen atoms in total. The number of nitrogens with one attached hydrogen (secondary N) is 2. The maximum absolute atomic E-state index is 12.0. The molecular formula is C25H31N9OS. The number of benzene rings is 1. The Morgan fingerprint density at radius 1 is 1.22 bits per heavy atom. The summed E-state index contributed by atoms with van der Waals surface area (Å²) in [5, 5.41) is 16.0. The van der Waals surface area contributed by atoms with Crippen LogP contribution in [-0.4, -0.2) is 69.2 Å². The highest BCUT2D eigenvalue weighted by Gasteiger charge is 2.19. The van der Waals surface area contributed by atoms with Crippen molar-refractivity contribution in [2.45, 2.75) is 19.5 Å². The van der Waals surface area contributed by atoms with Gasteiger partial charge in [-0.15, -0.1) is 0 Å². The van der Waals surface area contributed by atoms with Crippen molar-refractivity contribution in [2.75, 3.05) is 50.8 Å². The van der Waals surface area contributed by atoms with Gasteiger partial charge in [-0.3, -0.25) is 0 Å². The van der Waals surface area contributed by atoms with Crippen LogP contribution in [0.4, 0.5) is 29.1 Å². The monoisotopic (exact) mass is 505 g/mol. The Morgan fingerprint density at radius 3 is 2.75 bits per heavy atom. The van der Waals surface area contributed by atoms with Crippen molar-refractivity contribution in [3.63, 3.8) is 0 Å². The summed E-state index contributed by atoms with van der Waals surface area (Å²) in [5.74, 6) is 1.46. The summed E-state index contributed by atoms with van der Waals surface area (Å²) in [4.78, 5) is 17.8. The quantitative estimate of drug-likeness (QED) is 0.495. The number of likely N-dealkylation sites (N-methyl/N-ethyl adjacent to an activating group) is 1. The van der Waals surface area contributed by atoms with Gasteiger partial charge in [0.2, 0.25) is 5.95 Å². The van der Waals surface area contributed by atoms with Crippen LogP contribution >= 0.6 is 0 Å². The SMILES string of the molecule is CN(C)Cc1cc(Nc2ncc(C#N)c(Nc3cccc(N=S(C)(C)=O)n3)n2)cc2c1CCN(C)C2. The minimum absolute atomic E-state index is 0.278. The van der Waals surface area contributed by atoms with Crippen LogP contribution in [0.1, 0.15) is 22.3 Å². The van der Waals surface area contributed by atoms with Crippen molar-refractivity contribution in [1.29, 1.82) is 5.26 Å². The molecule has 0 unspecified atom stereocenters. The van der Waals surface area contributed by atoms with Crippen LogP contribution in [0.2, 0.25) is 0 Å². The van der Waals surface area contributed by atoms with Crippen LogP contribution in [0.25, 0.3) is 0 Å². The fourth-order valence-electron chi connectivity index (χ4n) is 4.12. The van der Waals surface area contributed by atoms with Crippen molar-refractivity contribution >= 4 is 38.8 Å². The Kier molecular flexibility index (Phi) is 7.49. The molecule has 2 N–H and O–H groups in total. The fourth-order valence-corrected chi connectivity index (χ4v) is 4.68. The van der Waals surface area contributed by atoms with E-state index in [1.165, 1.54) is 22.9 Å². The van der Waals surface area contributed by atoms with Crippen LogP contribution in [0.5, 0.6) is 0 Å². The molecule has 0 bridgehead atoms. The molecule has 0 amide bonds. The van der Waals surface area contributed by atoms with E-state index in [0.29, 0.717) is 23.4 Å². The second-order valence-electron chi connectivity index (χ2n) is 9.47. The maximum Gasteiger partial charge on any atom is 0.229 e. The molecule has 36 heavy (non-hydrogen) atoms. The first kappa shape index (κ1) is 25.5. The lowest BCUT2D eigenvalue weighted by atomic mass is 9.93. The first-order valence-corrected chi connectivity index (χ1v) is 13.9. The van der Waals surface area contributed by atoms with Crippen molar-refractivity contribution in [2.24, 2.45) is 4.36 Å². The molecule has 0 fully saturated rings. The highest BCUT2D eigenvalue weighted by atomic mass is 32.2. The number of aromatic nitrogens is 3. The molecule has 0 saturated carbocycles. The molecule has 2 aromatic heterocycles. The second kappa shape index (κ2) is 10.6. The number of rotatable bonds is 7. The molecule has 0 aliphatic carbocycles. The smallest absolute Gasteiger partial charge is 0.229 e. The largest absolute Gasteiger partial charge is 0.324 e. The van der Waals surface area contributed by atoms with E-state index in [1.54, 1.807) is 30.7 Å². The van der Waals surface area contributed by atoms with Gasteiger partial charge in [0.05, 0.1) is 6.20 Å². The second-order valence-corrected chi connectivity index (χ2v) is 12.0. The van der Waals surface area contributed by atoms with Crippen LogP contribution in [0.15, 0.2) is 40.9 Å². The standard InChI is InChI=1S/C25H31N9OS/c1-33(2)15-17-11-20(12-18-16-34(3)10-9-21(17)18)28-25-27-14-19(13-26)24(31-25)30-22-7-6-8-23(29-22)32-36(4,5)35/h6-8,11-12,14H,9-10,15-16H2,1-5H3,(H2,27,28,29,30,31). The van der Waals surface area contributed by atoms with Crippen molar-refractivity contribution in [1.82, 2.24) is 24.8 Å². The first-order valence-electron chi connectivity index (χ1n) is 11.5. The first-order chi connectivity index (χ1) is 17.1. The Morgan fingerprint density at radius 2 is 2.03 bits per heavy atom. The van der Waals surface area contributed by atoms with Crippen LogP contribution in [-0.2, 0) is 29.2 Å². The molecule has 1 aliphatic heterocycles. The lowest BCUT2D eigenvalue weighted by Gasteiger charge is -2.28. The zero-order valence-corrected chi connectivity index (χ0v) is 22.1. The minimum atomic E-state index is -2.35. The summed E-state index contributed by atoms with van der Waals surface area (Å²) in [6, 6.07) is 11.6. The number of hydrogen-bond acceptors (Lipinski definition) is 10. The molecule has 1 aromatic carbocycles. The third-order valence-electron chi connectivity index (χ3n) is 5.56. The van der Waals surface area contributed by atoms with E-state index in [-0.39, 0.29) is 5.56 Å². The van der Waals surface area contributed by atoms with E-state index in [9.17, 15) is 9.47 Å². The summed E-state index contributed by atoms with van der Waals surface area (Å²) in [6.45, 7) is 2.78. The third kappa shape index (κ3) is 6.54. The van der Waals surface area contributed by atoms with Gasteiger partial charge in [-0.25, -0.2) is 14.2 Å². The van der Waals surface area contributed by atoms with Crippen molar-refractivity contribution < 1.29 is 4.21 Å². The number of nitriles is 1. The summed E-state index contributed by atoms with van der Waals surface area (Å²) in [5.41, 5.74) is 5.17. The normalized spacial score (nSPS) is 13.7. The molecule has 3 aromatic rings. The van der Waals surface area contributed by atoms with Gasteiger partial charge in [-0.2, -0.15) is 14.6 Å². The minimum Gasteiger partial charge on any atom is -0.324 e. The number of anilines is 4. The third-order valence-corrected chi connectivity index (χ3v) is 6.19. The topological polar surface area (TPSA) is 122 Å². The van der Waals surface area contributed by atoms with Gasteiger partial charge in [0.15, 0.2) is 11.6 Å².